The van der Waals surface area contributed by atoms with Crippen LogP contribution in [-0.2, 0) is 46.4 Å². The van der Waals surface area contributed by atoms with Crippen molar-refractivity contribution in [3.8, 4) is 28.7 Å². The quantitative estimate of drug-likeness (QED) is 0.161. The van der Waals surface area contributed by atoms with E-state index in [2.05, 4.69) is 240 Å². The monoisotopic (exact) mass is 1010 g/mol. The summed E-state index contributed by atoms with van der Waals surface area (Å²) >= 11 is 2.47. The second-order valence-corrected chi connectivity index (χ2v) is 23.5. The number of imidazole rings is 1. The van der Waals surface area contributed by atoms with Gasteiger partial charge in [-0.3, -0.25) is 0 Å². The van der Waals surface area contributed by atoms with Gasteiger partial charge in [-0.2, -0.15) is 0 Å². The van der Waals surface area contributed by atoms with Gasteiger partial charge in [0.2, 0.25) is 0 Å². The molecule has 0 unspecified atom stereocenters. The number of benzene rings is 5. The van der Waals surface area contributed by atoms with Crippen LogP contribution in [0.2, 0.25) is 0 Å². The molecule has 9 rings (SSSR count). The average molecular weight is 1010 g/mol. The number of nitrogens with zero attached hydrogens (tertiary/aromatic N) is 4. The van der Waals surface area contributed by atoms with Crippen LogP contribution in [-0.4, -0.2) is 18.7 Å². The molecule has 328 valence electrons. The van der Waals surface area contributed by atoms with Crippen molar-refractivity contribution in [2.45, 2.75) is 131 Å². The third-order valence-electron chi connectivity index (χ3n) is 14.9. The third kappa shape index (κ3) is 6.74. The first kappa shape index (κ1) is 43.3. The van der Waals surface area contributed by atoms with Crippen molar-refractivity contribution >= 4 is 32.8 Å². The number of fused-ring (bicyclic) bond motifs is 6. The molecular formula is C57H62N4OPt-2. The average Bonchev–Trinajstić information content (AvgIpc) is 3.73. The Balaban J connectivity index is 1.20. The van der Waals surface area contributed by atoms with Crippen molar-refractivity contribution in [3.05, 3.63) is 147 Å². The summed E-state index contributed by atoms with van der Waals surface area (Å²) in [5, 5.41) is 2.33. The van der Waals surface area contributed by atoms with Crippen LogP contribution < -0.4 is 4.74 Å². The fourth-order valence-corrected chi connectivity index (χ4v) is 11.0. The molecule has 3 aromatic heterocycles. The standard InChI is InChI=1S/C57H62N4O.Pt/c1-52(2,3)36-19-22-39(23-20-36)59-35-60(46-28-21-37(31-48(46)59)53(4,5)6)40-17-16-18-41(33-40)62-42-24-25-43-44-26-27-45-50(56(12,13)57(14,15)55(45,10)11)51(44)61(47(43)34-42)49-32-38(29-30-58-49)54(7,8)9;/h16-32H,1-15H3;/q-2;. The van der Waals surface area contributed by atoms with Crippen LogP contribution in [0.1, 0.15) is 132 Å². The fraction of sp³-hybridized carbons (Fsp3) is 0.368. The summed E-state index contributed by atoms with van der Waals surface area (Å²) in [7, 11) is 0. The van der Waals surface area contributed by atoms with Gasteiger partial charge in [0.25, 0.3) is 0 Å². The first-order chi connectivity index (χ1) is 29.3. The SMILES string of the molecule is CC(C)(C)c1ccc(-n2[c](=[Pt])n(-c3[c-]c(Oc4[c-]c5c(cc4)c4ccc6c(c4n5-c4cc(C(C)(C)C)ccn4)C(C)(C)C(C)(C)C6(C)C)ccc3)c3ccc(C(C)(C)C)cc32)cc1. The Bertz CT molecular complexity index is 3180. The van der Waals surface area contributed by atoms with E-state index >= 15 is 0 Å². The van der Waals surface area contributed by atoms with Gasteiger partial charge in [0.15, 0.2) is 0 Å². The molecule has 0 atom stereocenters. The first-order valence-corrected chi connectivity index (χ1v) is 23.5. The molecule has 0 fully saturated rings. The van der Waals surface area contributed by atoms with E-state index < -0.39 is 0 Å². The maximum atomic E-state index is 6.80. The van der Waals surface area contributed by atoms with Crippen molar-refractivity contribution in [2.24, 2.45) is 5.41 Å². The van der Waals surface area contributed by atoms with Crippen LogP contribution in [0.4, 0.5) is 0 Å². The molecule has 1 aliphatic rings. The molecule has 0 bridgehead atoms. The van der Waals surface area contributed by atoms with Crippen LogP contribution in [0, 0.1) is 21.4 Å². The van der Waals surface area contributed by atoms with Crippen LogP contribution in [0.25, 0.3) is 50.0 Å². The summed E-state index contributed by atoms with van der Waals surface area (Å²) in [6.07, 6.45) is 1.96. The van der Waals surface area contributed by atoms with E-state index in [1.807, 2.05) is 12.3 Å². The van der Waals surface area contributed by atoms with Crippen LogP contribution in [0.15, 0.2) is 103 Å². The topological polar surface area (TPSA) is 36.9 Å². The van der Waals surface area contributed by atoms with Crippen LogP contribution in [0.5, 0.6) is 11.5 Å². The summed E-state index contributed by atoms with van der Waals surface area (Å²) in [4.78, 5) is 5.08. The van der Waals surface area contributed by atoms with Gasteiger partial charge in [-0.1, -0.05) is 68.4 Å². The minimum atomic E-state index is -0.129. The van der Waals surface area contributed by atoms with E-state index in [1.54, 1.807) is 0 Å². The van der Waals surface area contributed by atoms with Gasteiger partial charge in [-0.25, -0.2) is 0 Å². The molecule has 8 aromatic rings. The molecular weight excluding hydrogens is 952 g/mol. The zero-order chi connectivity index (χ0) is 45.4. The summed E-state index contributed by atoms with van der Waals surface area (Å²) in [6, 6.07) is 42.8. The van der Waals surface area contributed by atoms with E-state index in [1.165, 1.54) is 38.7 Å². The van der Waals surface area contributed by atoms with Gasteiger partial charge in [-0.15, -0.1) is 0 Å². The van der Waals surface area contributed by atoms with Gasteiger partial charge in [0, 0.05) is 6.20 Å². The molecule has 63 heavy (non-hydrogen) atoms. The van der Waals surface area contributed by atoms with Gasteiger partial charge < -0.3 is 0 Å². The molecule has 5 nitrogen and oxygen atoms in total. The Kier molecular flexibility index (Phi) is 9.79. The van der Waals surface area contributed by atoms with Crippen molar-refractivity contribution < 1.29 is 24.1 Å². The Morgan fingerprint density at radius 3 is 1.86 bits per heavy atom. The normalized spacial score (nSPS) is 16.0. The summed E-state index contributed by atoms with van der Waals surface area (Å²) in [6.45, 7) is 34.9. The van der Waals surface area contributed by atoms with Crippen molar-refractivity contribution in [3.63, 3.8) is 0 Å². The number of aromatic nitrogens is 4. The number of hydrogen-bond acceptors (Lipinski definition) is 2. The molecule has 0 N–H and O–H groups in total. The number of ether oxygens (including phenoxy) is 1. The zero-order valence-electron chi connectivity index (χ0n) is 39.8. The predicted molar refractivity (Wildman–Crippen MR) is 258 cm³/mol. The zero-order valence-corrected chi connectivity index (χ0v) is 42.1. The molecule has 3 heterocycles. The van der Waals surface area contributed by atoms with Crippen LogP contribution >= 0.6 is 0 Å². The van der Waals surface area contributed by atoms with Crippen LogP contribution in [0.3, 0.4) is 0 Å². The molecule has 1 aliphatic carbocycles. The fourth-order valence-electron chi connectivity index (χ4n) is 9.85. The Labute approximate surface area is 385 Å². The molecule has 0 amide bonds. The molecule has 5 aromatic carbocycles. The number of hydrogen-bond donors (Lipinski definition) is 0. The summed E-state index contributed by atoms with van der Waals surface area (Å²) in [5.74, 6) is 2.13. The molecule has 0 aliphatic heterocycles. The van der Waals surface area contributed by atoms with Gasteiger partial charge in [0.05, 0.1) is 0 Å². The molecule has 0 radical (unpaired) electrons. The number of pyridine rings is 1. The van der Waals surface area contributed by atoms with E-state index in [4.69, 9.17) is 9.72 Å². The first-order valence-electron chi connectivity index (χ1n) is 22.4. The second-order valence-electron chi connectivity index (χ2n) is 22.5. The van der Waals surface area contributed by atoms with Crippen molar-refractivity contribution in [1.82, 2.24) is 18.7 Å². The summed E-state index contributed by atoms with van der Waals surface area (Å²) < 4.78 is 14.9. The minimum absolute atomic E-state index is 0.00605. The number of rotatable bonds is 5. The van der Waals surface area contributed by atoms with Gasteiger partial charge in [-0.05, 0) is 38.9 Å². The predicted octanol–water partition coefficient (Wildman–Crippen LogP) is 14.9. The van der Waals surface area contributed by atoms with Crippen molar-refractivity contribution in [2.75, 3.05) is 0 Å². The van der Waals surface area contributed by atoms with E-state index in [-0.39, 0.29) is 32.5 Å². The van der Waals surface area contributed by atoms with Crippen molar-refractivity contribution in [1.29, 1.82) is 0 Å². The molecule has 0 spiro atoms. The second kappa shape index (κ2) is 14.3. The Hall–Kier alpha value is -4.99. The summed E-state index contributed by atoms with van der Waals surface area (Å²) in [5.41, 5.74) is 12.9. The van der Waals surface area contributed by atoms with E-state index in [9.17, 15) is 0 Å². The molecule has 6 heteroatoms. The van der Waals surface area contributed by atoms with E-state index in [0.29, 0.717) is 11.5 Å². The Morgan fingerprint density at radius 1 is 0.571 bits per heavy atom. The maximum absolute atomic E-state index is 6.80. The third-order valence-corrected chi connectivity index (χ3v) is 16.0. The molecule has 0 saturated carbocycles. The van der Waals surface area contributed by atoms with E-state index in [0.717, 1.165) is 42.9 Å². The van der Waals surface area contributed by atoms with Gasteiger partial charge in [0.1, 0.15) is 0 Å². The Morgan fingerprint density at radius 2 is 1.19 bits per heavy atom. The van der Waals surface area contributed by atoms with Gasteiger partial charge >= 0.3 is 274 Å². The molecule has 0 saturated heterocycles.